The van der Waals surface area contributed by atoms with Crippen LogP contribution in [-0.2, 0) is 9.59 Å². The maximum Gasteiger partial charge on any atom is 0.283 e. The summed E-state index contributed by atoms with van der Waals surface area (Å²) in [5, 5.41) is 5.52. The van der Waals surface area contributed by atoms with E-state index >= 15 is 0 Å². The molecule has 0 atom stereocenters. The molecule has 0 radical (unpaired) electrons. The zero-order chi connectivity index (χ0) is 26.0. The molecule has 1 aliphatic heterocycles. The van der Waals surface area contributed by atoms with E-state index in [4.69, 9.17) is 21.1 Å². The Labute approximate surface area is 213 Å². The Hall–Kier alpha value is -4.30. The second-order valence-electron chi connectivity index (χ2n) is 8.08. The van der Waals surface area contributed by atoms with E-state index in [1.807, 2.05) is 19.9 Å². The summed E-state index contributed by atoms with van der Waals surface area (Å²) in [6.45, 7) is 3.75. The number of nitrogens with zero attached hydrogens (tertiary/aromatic N) is 1. The number of rotatable bonds is 7. The van der Waals surface area contributed by atoms with E-state index in [2.05, 4.69) is 10.6 Å². The van der Waals surface area contributed by atoms with Crippen molar-refractivity contribution in [2.45, 2.75) is 13.8 Å². The number of halogens is 1. The lowest BCUT2D eigenvalue weighted by molar-refractivity contribution is -0.120. The normalized spacial score (nSPS) is 13.2. The first kappa shape index (κ1) is 24.8. The molecule has 0 unspecified atom stereocenters. The third kappa shape index (κ3) is 4.63. The quantitative estimate of drug-likeness (QED) is 0.438. The van der Waals surface area contributed by atoms with Crippen molar-refractivity contribution in [3.63, 3.8) is 0 Å². The van der Waals surface area contributed by atoms with Crippen LogP contribution >= 0.6 is 11.6 Å². The number of benzene rings is 3. The second kappa shape index (κ2) is 10.1. The van der Waals surface area contributed by atoms with Crippen LogP contribution in [0.2, 0.25) is 0 Å². The molecule has 3 aromatic carbocycles. The fourth-order valence-electron chi connectivity index (χ4n) is 3.75. The van der Waals surface area contributed by atoms with Crippen LogP contribution in [0.3, 0.4) is 0 Å². The summed E-state index contributed by atoms with van der Waals surface area (Å²) in [5.74, 6) is -0.436. The molecule has 3 aromatic rings. The molecule has 0 fully saturated rings. The average Bonchev–Trinajstić information content (AvgIpc) is 3.09. The van der Waals surface area contributed by atoms with Crippen molar-refractivity contribution in [1.82, 2.24) is 0 Å². The Morgan fingerprint density at radius 1 is 0.917 bits per heavy atom. The molecule has 0 saturated heterocycles. The summed E-state index contributed by atoms with van der Waals surface area (Å²) in [5.41, 5.74) is 3.59. The third-order valence-electron chi connectivity index (χ3n) is 5.92. The lowest BCUT2D eigenvalue weighted by Crippen LogP contribution is -2.33. The molecular weight excluding hydrogens is 482 g/mol. The molecule has 3 amide bonds. The van der Waals surface area contributed by atoms with Crippen molar-refractivity contribution in [3.8, 4) is 11.5 Å². The Balaban J connectivity index is 1.50. The monoisotopic (exact) mass is 505 g/mol. The molecule has 0 aromatic heterocycles. The topological polar surface area (TPSA) is 97.0 Å². The van der Waals surface area contributed by atoms with Crippen LogP contribution in [0.4, 0.5) is 17.1 Å². The smallest absolute Gasteiger partial charge is 0.283 e. The van der Waals surface area contributed by atoms with Crippen LogP contribution in [0.1, 0.15) is 21.5 Å². The number of nitrogens with one attached hydrogen (secondary N) is 2. The highest BCUT2D eigenvalue weighted by atomic mass is 35.5. The Kier molecular flexibility index (Phi) is 6.98. The predicted octanol–water partition coefficient (Wildman–Crippen LogP) is 5.01. The molecule has 36 heavy (non-hydrogen) atoms. The van der Waals surface area contributed by atoms with Gasteiger partial charge in [0.05, 0.1) is 25.6 Å². The van der Waals surface area contributed by atoms with E-state index in [1.54, 1.807) is 61.7 Å². The highest BCUT2D eigenvalue weighted by molar-refractivity contribution is 6.53. The molecule has 1 aliphatic rings. The van der Waals surface area contributed by atoms with Gasteiger partial charge in [0.15, 0.2) is 0 Å². The molecule has 0 bridgehead atoms. The number of ether oxygens (including phenoxy) is 2. The van der Waals surface area contributed by atoms with Gasteiger partial charge in [0, 0.05) is 17.3 Å². The lowest BCUT2D eigenvalue weighted by Gasteiger charge is -2.18. The number of imide groups is 1. The van der Waals surface area contributed by atoms with Gasteiger partial charge in [0.1, 0.15) is 22.2 Å². The van der Waals surface area contributed by atoms with E-state index in [9.17, 15) is 14.4 Å². The maximum atomic E-state index is 13.1. The minimum atomic E-state index is -0.595. The van der Waals surface area contributed by atoms with Crippen molar-refractivity contribution >= 4 is 46.4 Å². The van der Waals surface area contributed by atoms with Crippen molar-refractivity contribution in [2.75, 3.05) is 29.8 Å². The zero-order valence-corrected chi connectivity index (χ0v) is 20.9. The summed E-state index contributed by atoms with van der Waals surface area (Å²) in [6.07, 6.45) is 0. The number of hydrogen-bond donors (Lipinski definition) is 2. The number of methoxy groups -OCH3 is 2. The number of aryl methyl sites for hydroxylation is 1. The first-order valence-corrected chi connectivity index (χ1v) is 11.4. The van der Waals surface area contributed by atoms with Gasteiger partial charge in [-0.1, -0.05) is 23.7 Å². The van der Waals surface area contributed by atoms with E-state index in [-0.39, 0.29) is 16.6 Å². The summed E-state index contributed by atoms with van der Waals surface area (Å²) in [7, 11) is 3.04. The Bertz CT molecular complexity index is 1400. The van der Waals surface area contributed by atoms with Gasteiger partial charge in [-0.2, -0.15) is 0 Å². The van der Waals surface area contributed by atoms with Crippen molar-refractivity contribution in [2.24, 2.45) is 0 Å². The molecule has 9 heteroatoms. The number of carbonyl (C=O) groups excluding carboxylic acids is 3. The number of hydrogen-bond acceptors (Lipinski definition) is 6. The summed E-state index contributed by atoms with van der Waals surface area (Å²) in [6, 6.07) is 16.9. The second-order valence-corrected chi connectivity index (χ2v) is 8.45. The molecule has 0 spiro atoms. The van der Waals surface area contributed by atoms with E-state index in [0.29, 0.717) is 34.1 Å². The van der Waals surface area contributed by atoms with Gasteiger partial charge in [0.25, 0.3) is 17.7 Å². The first-order chi connectivity index (χ1) is 17.2. The van der Waals surface area contributed by atoms with Crippen molar-refractivity contribution in [3.05, 3.63) is 88.1 Å². The van der Waals surface area contributed by atoms with E-state index in [0.717, 1.165) is 16.0 Å². The van der Waals surface area contributed by atoms with Crippen LogP contribution in [0.5, 0.6) is 11.5 Å². The van der Waals surface area contributed by atoms with Crippen LogP contribution in [0.15, 0.2) is 71.4 Å². The van der Waals surface area contributed by atoms with Crippen LogP contribution in [0.25, 0.3) is 0 Å². The molecule has 8 nitrogen and oxygen atoms in total. The van der Waals surface area contributed by atoms with Gasteiger partial charge in [-0.25, -0.2) is 4.90 Å². The van der Waals surface area contributed by atoms with Crippen LogP contribution in [0, 0.1) is 13.8 Å². The lowest BCUT2D eigenvalue weighted by atomic mass is 10.1. The van der Waals surface area contributed by atoms with Crippen molar-refractivity contribution in [1.29, 1.82) is 0 Å². The Morgan fingerprint density at radius 3 is 2.31 bits per heavy atom. The van der Waals surface area contributed by atoms with E-state index < -0.39 is 11.8 Å². The molecule has 184 valence electrons. The fraction of sp³-hybridized carbons (Fsp3) is 0.148. The van der Waals surface area contributed by atoms with Crippen molar-refractivity contribution < 1.29 is 23.9 Å². The van der Waals surface area contributed by atoms with Crippen LogP contribution in [-0.4, -0.2) is 31.9 Å². The number of carbonyl (C=O) groups is 3. The summed E-state index contributed by atoms with van der Waals surface area (Å²) < 4.78 is 10.5. The van der Waals surface area contributed by atoms with Gasteiger partial charge in [0.2, 0.25) is 0 Å². The number of amides is 3. The SMILES string of the molecule is COc1ccc(NC(=O)c2ccc(NC3=C(Cl)C(=O)N(c4cccc(C)c4C)C3=O)cc2)c(OC)c1. The Morgan fingerprint density at radius 2 is 1.64 bits per heavy atom. The van der Waals surface area contributed by atoms with Gasteiger partial charge < -0.3 is 20.1 Å². The molecule has 0 aliphatic carbocycles. The third-order valence-corrected chi connectivity index (χ3v) is 6.27. The standard InChI is InChI=1S/C27H24ClN3O5/c1-15-6-5-7-21(16(15)2)31-26(33)23(28)24(27(31)34)29-18-10-8-17(9-11-18)25(32)30-20-13-12-19(35-3)14-22(20)36-4/h5-14,29H,1-4H3,(H,30,32). The van der Waals surface area contributed by atoms with E-state index in [1.165, 1.54) is 7.11 Å². The maximum absolute atomic E-state index is 13.1. The van der Waals surface area contributed by atoms with Gasteiger partial charge in [-0.3, -0.25) is 14.4 Å². The van der Waals surface area contributed by atoms with Gasteiger partial charge in [-0.15, -0.1) is 0 Å². The fourth-order valence-corrected chi connectivity index (χ4v) is 3.97. The minimum absolute atomic E-state index is 0.0252. The number of anilines is 3. The zero-order valence-electron chi connectivity index (χ0n) is 20.1. The summed E-state index contributed by atoms with van der Waals surface area (Å²) in [4.78, 5) is 39.7. The minimum Gasteiger partial charge on any atom is -0.497 e. The van der Waals surface area contributed by atoms with Gasteiger partial charge >= 0.3 is 0 Å². The van der Waals surface area contributed by atoms with Crippen LogP contribution < -0.4 is 25.0 Å². The molecule has 4 rings (SSSR count). The molecule has 0 saturated carbocycles. The first-order valence-electron chi connectivity index (χ1n) is 11.0. The highest BCUT2D eigenvalue weighted by Crippen LogP contribution is 2.33. The summed E-state index contributed by atoms with van der Waals surface area (Å²) >= 11 is 6.25. The molecule has 1 heterocycles. The highest BCUT2D eigenvalue weighted by Gasteiger charge is 2.39. The molecule has 2 N–H and O–H groups in total. The largest absolute Gasteiger partial charge is 0.497 e. The van der Waals surface area contributed by atoms with Gasteiger partial charge in [-0.05, 0) is 67.4 Å². The molecular formula is C27H24ClN3O5. The average molecular weight is 506 g/mol. The predicted molar refractivity (Wildman–Crippen MR) is 139 cm³/mol.